The van der Waals surface area contributed by atoms with E-state index in [0.717, 1.165) is 18.4 Å². The fourth-order valence-corrected chi connectivity index (χ4v) is 10.5. The summed E-state index contributed by atoms with van der Waals surface area (Å²) in [7, 11) is -6.90. The smallest absolute Gasteiger partial charge is 0.326 e. The molecule has 0 saturated carbocycles. The SMILES string of the molecule is CCOc1ccc(S(=O)(=O)N2CCCC2)cc1C1=N[C@@](C)(C2C=CC(Cl)=CC2)[C@@](C)(c2ccc(Cl)cc2)N1C(=O)N1CCN(CCCS(C)(=O)=O)CC1. The second-order valence-corrected chi connectivity index (χ2v) is 19.7. The first-order chi connectivity index (χ1) is 25.1. The van der Waals surface area contributed by atoms with Crippen LogP contribution < -0.4 is 4.74 Å². The number of carbonyl (C=O) groups is 1. The first-order valence-electron chi connectivity index (χ1n) is 18.2. The van der Waals surface area contributed by atoms with Crippen LogP contribution in [0.25, 0.3) is 0 Å². The Kier molecular flexibility index (Phi) is 11.7. The van der Waals surface area contributed by atoms with E-state index >= 15 is 4.79 Å². The zero-order chi connectivity index (χ0) is 38.2. The van der Waals surface area contributed by atoms with Crippen LogP contribution in [-0.4, -0.2) is 118 Å². The van der Waals surface area contributed by atoms with Crippen LogP contribution in [0.2, 0.25) is 5.02 Å². The molecule has 2 aromatic carbocycles. The largest absolute Gasteiger partial charge is 0.493 e. The van der Waals surface area contributed by atoms with E-state index in [1.807, 2.05) is 51.1 Å². The quantitative estimate of drug-likeness (QED) is 0.268. The molecule has 3 atom stereocenters. The van der Waals surface area contributed by atoms with Crippen molar-refractivity contribution in [2.24, 2.45) is 10.9 Å². The van der Waals surface area contributed by atoms with Crippen molar-refractivity contribution in [3.63, 3.8) is 0 Å². The van der Waals surface area contributed by atoms with Gasteiger partial charge in [-0.1, -0.05) is 47.5 Å². The van der Waals surface area contributed by atoms with Gasteiger partial charge in [0.15, 0.2) is 0 Å². The molecule has 0 spiro atoms. The predicted octanol–water partition coefficient (Wildman–Crippen LogP) is 6.13. The highest BCUT2D eigenvalue weighted by Gasteiger charge is 2.62. The van der Waals surface area contributed by atoms with Crippen LogP contribution in [0.4, 0.5) is 4.79 Å². The Morgan fingerprint density at radius 1 is 0.962 bits per heavy atom. The number of amidine groups is 1. The predicted molar refractivity (Wildman–Crippen MR) is 210 cm³/mol. The minimum Gasteiger partial charge on any atom is -0.493 e. The summed E-state index contributed by atoms with van der Waals surface area (Å²) in [6.45, 7) is 9.74. The average molecular weight is 807 g/mol. The van der Waals surface area contributed by atoms with E-state index in [1.54, 1.807) is 40.1 Å². The lowest BCUT2D eigenvalue weighted by molar-refractivity contribution is 0.0754. The number of sulfonamides is 1. The van der Waals surface area contributed by atoms with Crippen molar-refractivity contribution in [1.82, 2.24) is 19.0 Å². The van der Waals surface area contributed by atoms with E-state index in [1.165, 1.54) is 10.6 Å². The molecule has 2 fully saturated rings. The Morgan fingerprint density at radius 2 is 1.64 bits per heavy atom. The molecule has 1 unspecified atom stereocenters. The van der Waals surface area contributed by atoms with Gasteiger partial charge in [-0.25, -0.2) is 21.6 Å². The van der Waals surface area contributed by atoms with Gasteiger partial charge in [-0.3, -0.25) is 14.8 Å². The molecule has 2 amide bonds. The monoisotopic (exact) mass is 805 g/mol. The molecule has 2 saturated heterocycles. The van der Waals surface area contributed by atoms with Crippen molar-refractivity contribution in [1.29, 1.82) is 0 Å². The molecule has 6 rings (SSSR count). The molecule has 4 aliphatic rings. The molecule has 0 N–H and O–H groups in total. The van der Waals surface area contributed by atoms with E-state index < -0.39 is 30.9 Å². The van der Waals surface area contributed by atoms with Crippen LogP contribution in [0.15, 0.2) is 75.6 Å². The Hall–Kier alpha value is -2.94. The van der Waals surface area contributed by atoms with Gasteiger partial charge < -0.3 is 9.64 Å². The number of nitrogens with zero attached hydrogens (tertiary/aromatic N) is 5. The summed E-state index contributed by atoms with van der Waals surface area (Å²) in [5.74, 6) is 0.659. The third kappa shape index (κ3) is 7.93. The number of piperazine rings is 1. The van der Waals surface area contributed by atoms with Gasteiger partial charge in [0, 0.05) is 61.5 Å². The molecule has 0 aromatic heterocycles. The number of amides is 2. The number of ether oxygens (including phenoxy) is 1. The van der Waals surface area contributed by atoms with Gasteiger partial charge in [0.05, 0.1) is 33.9 Å². The number of allylic oxidation sites excluding steroid dienone is 3. The molecular formula is C38H49Cl2N5O6S2. The van der Waals surface area contributed by atoms with Gasteiger partial charge in [0.25, 0.3) is 0 Å². The highest BCUT2D eigenvalue weighted by Crippen LogP contribution is 2.54. The summed E-state index contributed by atoms with van der Waals surface area (Å²) < 4.78 is 59.1. The Labute approximate surface area is 324 Å². The minimum absolute atomic E-state index is 0.114. The minimum atomic E-state index is -3.83. The lowest BCUT2D eigenvalue weighted by atomic mass is 9.66. The Balaban J connectivity index is 1.49. The number of rotatable bonds is 11. The molecule has 1 aliphatic carbocycles. The number of carbonyl (C=O) groups excluding carboxylic acids is 1. The van der Waals surface area contributed by atoms with Crippen LogP contribution >= 0.6 is 23.2 Å². The van der Waals surface area contributed by atoms with Gasteiger partial charge >= 0.3 is 6.03 Å². The first kappa shape index (κ1) is 39.7. The number of hydrogen-bond donors (Lipinski definition) is 0. The van der Waals surface area contributed by atoms with Crippen molar-refractivity contribution in [2.45, 2.75) is 62.4 Å². The maximum atomic E-state index is 15.3. The van der Waals surface area contributed by atoms with E-state index in [4.69, 9.17) is 32.9 Å². The third-order valence-electron chi connectivity index (χ3n) is 11.2. The van der Waals surface area contributed by atoms with Crippen molar-refractivity contribution < 1.29 is 26.4 Å². The van der Waals surface area contributed by atoms with Gasteiger partial charge in [-0.2, -0.15) is 4.31 Å². The van der Waals surface area contributed by atoms with Crippen LogP contribution in [0.5, 0.6) is 5.75 Å². The topological polar surface area (TPSA) is 120 Å². The molecule has 0 radical (unpaired) electrons. The number of benzene rings is 2. The Morgan fingerprint density at radius 3 is 2.25 bits per heavy atom. The van der Waals surface area contributed by atoms with Gasteiger partial charge in [0.1, 0.15) is 21.4 Å². The third-order valence-corrected chi connectivity index (χ3v) is 14.6. The van der Waals surface area contributed by atoms with Gasteiger partial charge in [0.2, 0.25) is 10.0 Å². The average Bonchev–Trinajstić information content (AvgIpc) is 3.75. The second-order valence-electron chi connectivity index (χ2n) is 14.6. The van der Waals surface area contributed by atoms with Crippen molar-refractivity contribution in [3.8, 4) is 5.75 Å². The Bertz CT molecular complexity index is 2010. The fraction of sp³-hybridized carbons (Fsp3) is 0.526. The molecule has 53 heavy (non-hydrogen) atoms. The highest BCUT2D eigenvalue weighted by atomic mass is 35.5. The van der Waals surface area contributed by atoms with E-state index in [-0.39, 0.29) is 22.6 Å². The number of aliphatic imine (C=N–C) groups is 1. The summed E-state index contributed by atoms with van der Waals surface area (Å²) in [6.07, 6.45) is 9.79. The maximum Gasteiger partial charge on any atom is 0.326 e. The zero-order valence-electron chi connectivity index (χ0n) is 30.8. The molecule has 3 heterocycles. The van der Waals surface area contributed by atoms with Crippen LogP contribution in [0.3, 0.4) is 0 Å². The number of hydrogen-bond acceptors (Lipinski definition) is 8. The summed E-state index contributed by atoms with van der Waals surface area (Å²) >= 11 is 12.8. The molecule has 15 heteroatoms. The lowest BCUT2D eigenvalue weighted by Gasteiger charge is -2.49. The molecule has 11 nitrogen and oxygen atoms in total. The second kappa shape index (κ2) is 15.7. The normalized spacial score (nSPS) is 25.8. The van der Waals surface area contributed by atoms with E-state index in [2.05, 4.69) is 4.90 Å². The molecule has 3 aliphatic heterocycles. The van der Waals surface area contributed by atoms with Gasteiger partial charge in [-0.15, -0.1) is 0 Å². The molecule has 2 aromatic rings. The van der Waals surface area contributed by atoms with Crippen LogP contribution in [0, 0.1) is 5.92 Å². The molecule has 288 valence electrons. The number of urea groups is 1. The van der Waals surface area contributed by atoms with Gasteiger partial charge in [-0.05, 0) is 95.0 Å². The van der Waals surface area contributed by atoms with Crippen LogP contribution in [-0.2, 0) is 25.4 Å². The summed E-state index contributed by atoms with van der Waals surface area (Å²) in [5, 5.41) is 1.18. The van der Waals surface area contributed by atoms with E-state index in [0.29, 0.717) is 92.5 Å². The lowest BCUT2D eigenvalue weighted by Crippen LogP contribution is -2.62. The summed E-state index contributed by atoms with van der Waals surface area (Å²) in [4.78, 5) is 26.7. The number of halogens is 2. The maximum absolute atomic E-state index is 15.3. The highest BCUT2D eigenvalue weighted by molar-refractivity contribution is 7.90. The molecular weight excluding hydrogens is 757 g/mol. The van der Waals surface area contributed by atoms with Crippen molar-refractivity contribution in [3.05, 3.63) is 81.9 Å². The number of sulfone groups is 1. The standard InChI is InChI=1S/C38H49Cl2N5O6S2/c1-5-51-34-18-17-32(53(49,50)44-20-6-7-21-44)27-33(34)35-41-37(2,28-9-13-30(39)14-10-28)38(3,29-11-15-31(40)16-12-29)45(35)36(46)43-24-22-42(23-25-43)19-8-26-52(4,47)48/h9,11-18,27-28H,5-8,10,19-26H2,1-4H3/t28?,37-,38+/m0/s1. The summed E-state index contributed by atoms with van der Waals surface area (Å²) in [6, 6.07) is 12.0. The molecule has 0 bridgehead atoms. The zero-order valence-corrected chi connectivity index (χ0v) is 33.9. The summed E-state index contributed by atoms with van der Waals surface area (Å²) in [5.41, 5.74) is -0.853. The fourth-order valence-electron chi connectivity index (χ4n) is 7.99. The first-order valence-corrected chi connectivity index (χ1v) is 22.5. The van der Waals surface area contributed by atoms with Crippen molar-refractivity contribution in [2.75, 3.05) is 64.4 Å². The van der Waals surface area contributed by atoms with Crippen molar-refractivity contribution >= 4 is 54.9 Å². The van der Waals surface area contributed by atoms with E-state index in [9.17, 15) is 16.8 Å². The van der Waals surface area contributed by atoms with Crippen LogP contribution in [0.1, 0.15) is 57.6 Å².